The van der Waals surface area contributed by atoms with Crippen LogP contribution in [0.15, 0.2) is 48.8 Å². The summed E-state index contributed by atoms with van der Waals surface area (Å²) in [5.74, 6) is 1.55. The minimum atomic E-state index is 0.0131. The van der Waals surface area contributed by atoms with E-state index in [1.807, 2.05) is 30.3 Å². The van der Waals surface area contributed by atoms with Gasteiger partial charge in [0.1, 0.15) is 11.5 Å². The summed E-state index contributed by atoms with van der Waals surface area (Å²) >= 11 is 0. The number of ketones is 1. The topological polar surface area (TPSA) is 48.4 Å². The summed E-state index contributed by atoms with van der Waals surface area (Å²) in [4.78, 5) is 16.3. The summed E-state index contributed by atoms with van der Waals surface area (Å²) in [7, 11) is 1.63. The molecule has 2 rings (SSSR count). The summed E-state index contributed by atoms with van der Waals surface area (Å²) in [5, 5.41) is 0. The van der Waals surface area contributed by atoms with Crippen molar-refractivity contribution in [2.45, 2.75) is 26.2 Å². The first-order valence-electron chi connectivity index (χ1n) is 8.13. The zero-order valence-electron chi connectivity index (χ0n) is 14.2. The summed E-state index contributed by atoms with van der Waals surface area (Å²) in [5.41, 5.74) is 1.77. The molecule has 0 aliphatic rings. The number of methoxy groups -OCH3 is 1. The Morgan fingerprint density at radius 1 is 1.21 bits per heavy atom. The number of allylic oxidation sites excluding steroid dienone is 1. The molecule has 0 fully saturated rings. The van der Waals surface area contributed by atoms with Gasteiger partial charge in [0, 0.05) is 24.4 Å². The van der Waals surface area contributed by atoms with Crippen LogP contribution in [0.3, 0.4) is 0 Å². The third-order valence-corrected chi connectivity index (χ3v) is 3.56. The zero-order chi connectivity index (χ0) is 17.2. The Kier molecular flexibility index (Phi) is 7.02. The minimum Gasteiger partial charge on any atom is -0.497 e. The molecule has 24 heavy (non-hydrogen) atoms. The lowest BCUT2D eigenvalue weighted by molar-refractivity contribution is -0.114. The first-order chi connectivity index (χ1) is 11.7. The molecule has 0 N–H and O–H groups in total. The maximum Gasteiger partial charge on any atom is 0.160 e. The Bertz CT molecular complexity index is 678. The van der Waals surface area contributed by atoms with Crippen molar-refractivity contribution in [3.63, 3.8) is 0 Å². The van der Waals surface area contributed by atoms with Crippen LogP contribution < -0.4 is 9.47 Å². The second-order valence-electron chi connectivity index (χ2n) is 5.43. The quantitative estimate of drug-likeness (QED) is 0.514. The second-order valence-corrected chi connectivity index (χ2v) is 5.43. The molecule has 0 aliphatic carbocycles. The van der Waals surface area contributed by atoms with Crippen molar-refractivity contribution in [1.29, 1.82) is 0 Å². The van der Waals surface area contributed by atoms with E-state index in [9.17, 15) is 4.79 Å². The van der Waals surface area contributed by atoms with Gasteiger partial charge in [0.15, 0.2) is 5.78 Å². The molecule has 0 saturated carbocycles. The van der Waals surface area contributed by atoms with Gasteiger partial charge in [-0.1, -0.05) is 31.6 Å². The van der Waals surface area contributed by atoms with Gasteiger partial charge in [0.05, 0.1) is 13.7 Å². The zero-order valence-corrected chi connectivity index (χ0v) is 14.2. The van der Waals surface area contributed by atoms with Crippen molar-refractivity contribution in [2.75, 3.05) is 13.7 Å². The third kappa shape index (κ3) is 5.54. The smallest absolute Gasteiger partial charge is 0.160 e. The monoisotopic (exact) mass is 325 g/mol. The van der Waals surface area contributed by atoms with Crippen molar-refractivity contribution in [3.8, 4) is 11.5 Å². The Hall–Kier alpha value is -2.62. The number of carbonyl (C=O) groups excluding carboxylic acids is 1. The molecule has 0 atom stereocenters. The van der Waals surface area contributed by atoms with Gasteiger partial charge < -0.3 is 9.47 Å². The van der Waals surface area contributed by atoms with E-state index in [0.29, 0.717) is 6.61 Å². The van der Waals surface area contributed by atoms with Gasteiger partial charge in [-0.25, -0.2) is 0 Å². The Balaban J connectivity index is 1.97. The van der Waals surface area contributed by atoms with E-state index in [1.165, 1.54) is 0 Å². The Morgan fingerprint density at radius 3 is 2.71 bits per heavy atom. The minimum absolute atomic E-state index is 0.0131. The molecule has 1 heterocycles. The number of rotatable bonds is 9. The molecule has 1 aromatic carbocycles. The number of unbranched alkanes of at least 4 members (excludes halogenated alkanes) is 1. The number of nitrogens with zero attached hydrogens (tertiary/aromatic N) is 1. The number of pyridine rings is 1. The molecule has 0 aliphatic heterocycles. The second kappa shape index (κ2) is 9.50. The van der Waals surface area contributed by atoms with Gasteiger partial charge in [-0.3, -0.25) is 9.78 Å². The molecular weight excluding hydrogens is 302 g/mol. The number of hydrogen-bond donors (Lipinski definition) is 0. The van der Waals surface area contributed by atoms with Gasteiger partial charge in [-0.15, -0.1) is 0 Å². The number of hydrogen-bond acceptors (Lipinski definition) is 4. The molecule has 0 saturated heterocycles. The van der Waals surface area contributed by atoms with E-state index in [4.69, 9.17) is 9.47 Å². The summed E-state index contributed by atoms with van der Waals surface area (Å²) in [6, 6.07) is 9.36. The fourth-order valence-corrected chi connectivity index (χ4v) is 2.17. The van der Waals surface area contributed by atoms with E-state index in [2.05, 4.69) is 11.9 Å². The summed E-state index contributed by atoms with van der Waals surface area (Å²) < 4.78 is 10.9. The van der Waals surface area contributed by atoms with Gasteiger partial charge in [-0.2, -0.15) is 0 Å². The maximum atomic E-state index is 12.2. The number of ether oxygens (including phenoxy) is 2. The first kappa shape index (κ1) is 17.7. The average Bonchev–Trinajstić information content (AvgIpc) is 2.62. The van der Waals surface area contributed by atoms with Crippen LogP contribution in [-0.4, -0.2) is 24.5 Å². The highest BCUT2D eigenvalue weighted by Crippen LogP contribution is 2.18. The average molecular weight is 325 g/mol. The molecule has 2 aromatic rings. The van der Waals surface area contributed by atoms with Crippen LogP contribution in [0.4, 0.5) is 0 Å². The highest BCUT2D eigenvalue weighted by Gasteiger charge is 2.07. The predicted octanol–water partition coefficient (Wildman–Crippen LogP) is 4.09. The molecular formula is C20H23NO3. The van der Waals surface area contributed by atoms with Gasteiger partial charge in [0.2, 0.25) is 0 Å². The normalized spacial score (nSPS) is 10.8. The summed E-state index contributed by atoms with van der Waals surface area (Å²) in [6.45, 7) is 2.77. The molecule has 126 valence electrons. The van der Waals surface area contributed by atoms with E-state index in [0.717, 1.165) is 35.5 Å². The molecule has 0 bridgehead atoms. The van der Waals surface area contributed by atoms with Crippen LogP contribution >= 0.6 is 0 Å². The van der Waals surface area contributed by atoms with Gasteiger partial charge in [0.25, 0.3) is 0 Å². The molecule has 0 radical (unpaired) electrons. The lowest BCUT2D eigenvalue weighted by Gasteiger charge is -2.09. The Morgan fingerprint density at radius 2 is 2.00 bits per heavy atom. The molecule has 0 unspecified atom stereocenters. The van der Waals surface area contributed by atoms with Gasteiger partial charge in [-0.05, 0) is 36.3 Å². The lowest BCUT2D eigenvalue weighted by atomic mass is 10.1. The van der Waals surface area contributed by atoms with E-state index in [-0.39, 0.29) is 12.2 Å². The van der Waals surface area contributed by atoms with Crippen molar-refractivity contribution in [2.24, 2.45) is 0 Å². The van der Waals surface area contributed by atoms with Crippen molar-refractivity contribution >= 4 is 11.9 Å². The predicted molar refractivity (Wildman–Crippen MR) is 95.4 cm³/mol. The van der Waals surface area contributed by atoms with Crippen LogP contribution in [0.5, 0.6) is 11.5 Å². The number of benzene rings is 1. The number of carbonyl (C=O) groups is 1. The summed E-state index contributed by atoms with van der Waals surface area (Å²) in [6.07, 6.45) is 9.11. The van der Waals surface area contributed by atoms with E-state index in [1.54, 1.807) is 31.7 Å². The number of aromatic nitrogens is 1. The van der Waals surface area contributed by atoms with Gasteiger partial charge >= 0.3 is 0 Å². The van der Waals surface area contributed by atoms with E-state index >= 15 is 0 Å². The van der Waals surface area contributed by atoms with Crippen LogP contribution in [0.25, 0.3) is 6.08 Å². The molecule has 4 nitrogen and oxygen atoms in total. The maximum absolute atomic E-state index is 12.2. The molecule has 0 spiro atoms. The largest absolute Gasteiger partial charge is 0.497 e. The van der Waals surface area contributed by atoms with Crippen LogP contribution in [0.2, 0.25) is 0 Å². The van der Waals surface area contributed by atoms with Crippen LogP contribution in [0.1, 0.15) is 30.9 Å². The lowest BCUT2D eigenvalue weighted by Crippen LogP contribution is -2.04. The van der Waals surface area contributed by atoms with Crippen LogP contribution in [-0.2, 0) is 11.2 Å². The van der Waals surface area contributed by atoms with Crippen molar-refractivity contribution < 1.29 is 14.3 Å². The first-order valence-corrected chi connectivity index (χ1v) is 8.13. The SMILES string of the molecule is CCCCOc1ccncc1CC(=O)/C=C/c1ccc(OC)cc1. The third-order valence-electron chi connectivity index (χ3n) is 3.56. The highest BCUT2D eigenvalue weighted by molar-refractivity contribution is 5.95. The molecule has 1 aromatic heterocycles. The Labute approximate surface area is 143 Å². The highest BCUT2D eigenvalue weighted by atomic mass is 16.5. The van der Waals surface area contributed by atoms with Crippen molar-refractivity contribution in [3.05, 3.63) is 59.9 Å². The fraction of sp³-hybridized carbons (Fsp3) is 0.300. The van der Waals surface area contributed by atoms with E-state index < -0.39 is 0 Å². The standard InChI is InChI=1S/C20H23NO3/c1-3-4-13-24-20-11-12-21-15-17(20)14-18(22)8-5-16-6-9-19(23-2)10-7-16/h5-12,15H,3-4,13-14H2,1-2H3/b8-5+. The fourth-order valence-electron chi connectivity index (χ4n) is 2.17. The van der Waals surface area contributed by atoms with Crippen LogP contribution in [0, 0.1) is 0 Å². The van der Waals surface area contributed by atoms with Crippen molar-refractivity contribution in [1.82, 2.24) is 4.98 Å². The molecule has 0 amide bonds. The molecule has 4 heteroatoms.